The molecule has 0 aliphatic rings. The first-order valence-electron chi connectivity index (χ1n) is 3.31. The molecule has 0 unspecified atom stereocenters. The molecular weight excluding hydrogens is 140 g/mol. The predicted octanol–water partition coefficient (Wildman–Crippen LogP) is 1.56. The number of carbonyl (C=O) groups excluding carboxylic acids is 1. The van der Waals surface area contributed by atoms with Crippen LogP contribution < -0.4 is 0 Å². The number of hydrogen-bond donors (Lipinski definition) is 0. The Kier molecular flexibility index (Phi) is 2.66. The van der Waals surface area contributed by atoms with Gasteiger partial charge < -0.3 is 4.74 Å². The van der Waals surface area contributed by atoms with Crippen LogP contribution in [0.15, 0.2) is 30.3 Å². The fraction of sp³-hybridized carbons (Fsp3) is 0.111. The van der Waals surface area contributed by atoms with Crippen molar-refractivity contribution < 1.29 is 9.53 Å². The third-order valence-electron chi connectivity index (χ3n) is 1.24. The molecule has 0 saturated heterocycles. The second-order valence-electron chi connectivity index (χ2n) is 2.15. The average molecular weight is 149 g/mol. The summed E-state index contributed by atoms with van der Waals surface area (Å²) in [4.78, 5) is 10.3. The lowest BCUT2D eigenvalue weighted by Gasteiger charge is -1.99. The maximum Gasteiger partial charge on any atom is 0.306 e. The monoisotopic (exact) mass is 149 g/mol. The van der Waals surface area contributed by atoms with Crippen LogP contribution in [0.2, 0.25) is 0 Å². The molecule has 11 heavy (non-hydrogen) atoms. The van der Waals surface area contributed by atoms with Crippen molar-refractivity contribution in [3.05, 3.63) is 42.8 Å². The van der Waals surface area contributed by atoms with Gasteiger partial charge >= 0.3 is 5.97 Å². The van der Waals surface area contributed by atoms with Gasteiger partial charge in [0.25, 0.3) is 0 Å². The van der Waals surface area contributed by atoms with Gasteiger partial charge in [-0.3, -0.25) is 4.79 Å². The van der Waals surface area contributed by atoms with Gasteiger partial charge in [0.05, 0.1) is 6.92 Å². The standard InChI is InChI=1S/C9H9O2/c1-8(10)11-7-9-5-3-2-4-6-9/h2-6H,1,7H2. The summed E-state index contributed by atoms with van der Waals surface area (Å²) in [5.41, 5.74) is 0.976. The van der Waals surface area contributed by atoms with Gasteiger partial charge in [-0.05, 0) is 5.56 Å². The van der Waals surface area contributed by atoms with Crippen LogP contribution in [0, 0.1) is 6.92 Å². The van der Waals surface area contributed by atoms with Gasteiger partial charge in [0.1, 0.15) is 6.61 Å². The van der Waals surface area contributed by atoms with E-state index in [1.165, 1.54) is 0 Å². The maximum absolute atomic E-state index is 10.3. The van der Waals surface area contributed by atoms with Crippen LogP contribution in [-0.2, 0) is 16.1 Å². The Morgan fingerprint density at radius 1 is 1.36 bits per heavy atom. The number of esters is 1. The molecule has 0 bridgehead atoms. The lowest BCUT2D eigenvalue weighted by Crippen LogP contribution is -1.98. The molecule has 1 aromatic rings. The Hall–Kier alpha value is -1.31. The largest absolute Gasteiger partial charge is 0.461 e. The van der Waals surface area contributed by atoms with Crippen LogP contribution in [0.3, 0.4) is 0 Å². The second-order valence-corrected chi connectivity index (χ2v) is 2.15. The molecule has 0 spiro atoms. The third kappa shape index (κ3) is 2.85. The summed E-state index contributed by atoms with van der Waals surface area (Å²) >= 11 is 0. The molecule has 2 nitrogen and oxygen atoms in total. The van der Waals surface area contributed by atoms with Gasteiger partial charge in [-0.1, -0.05) is 30.3 Å². The smallest absolute Gasteiger partial charge is 0.306 e. The van der Waals surface area contributed by atoms with E-state index in [-0.39, 0.29) is 0 Å². The summed E-state index contributed by atoms with van der Waals surface area (Å²) in [5.74, 6) is -0.492. The highest BCUT2D eigenvalue weighted by Gasteiger charge is 1.93. The Morgan fingerprint density at radius 2 is 2.00 bits per heavy atom. The Bertz CT molecular complexity index is 229. The van der Waals surface area contributed by atoms with Gasteiger partial charge in [0.15, 0.2) is 0 Å². The van der Waals surface area contributed by atoms with Gasteiger partial charge in [0, 0.05) is 0 Å². The van der Waals surface area contributed by atoms with E-state index in [2.05, 4.69) is 11.7 Å². The fourth-order valence-electron chi connectivity index (χ4n) is 0.738. The molecule has 0 heterocycles. The van der Waals surface area contributed by atoms with Crippen molar-refractivity contribution in [3.63, 3.8) is 0 Å². The predicted molar refractivity (Wildman–Crippen MR) is 41.6 cm³/mol. The molecule has 0 saturated carbocycles. The Balaban J connectivity index is 2.45. The molecule has 57 valence electrons. The van der Waals surface area contributed by atoms with Crippen LogP contribution in [0.5, 0.6) is 0 Å². The molecule has 2 heteroatoms. The number of carbonyl (C=O) groups is 1. The molecule has 1 rings (SSSR count). The first-order chi connectivity index (χ1) is 5.29. The zero-order chi connectivity index (χ0) is 8.10. The lowest BCUT2D eigenvalue weighted by molar-refractivity contribution is -0.139. The van der Waals surface area contributed by atoms with Crippen molar-refractivity contribution in [1.29, 1.82) is 0 Å². The van der Waals surface area contributed by atoms with E-state index in [1.807, 2.05) is 30.3 Å². The minimum absolute atomic E-state index is 0.309. The molecule has 0 fully saturated rings. The number of hydrogen-bond acceptors (Lipinski definition) is 2. The average Bonchev–Trinajstić information content (AvgIpc) is 2.03. The van der Waals surface area contributed by atoms with Crippen molar-refractivity contribution in [2.75, 3.05) is 0 Å². The molecule has 0 aliphatic heterocycles. The van der Waals surface area contributed by atoms with Crippen LogP contribution in [0.1, 0.15) is 5.56 Å². The van der Waals surface area contributed by atoms with E-state index in [0.29, 0.717) is 6.61 Å². The second kappa shape index (κ2) is 3.76. The van der Waals surface area contributed by atoms with Crippen molar-refractivity contribution in [2.24, 2.45) is 0 Å². The SMILES string of the molecule is [CH2]C(=O)OCc1ccccc1. The molecule has 1 aromatic carbocycles. The lowest BCUT2D eigenvalue weighted by atomic mass is 10.2. The molecule has 1 radical (unpaired) electrons. The normalized spacial score (nSPS) is 9.18. The van der Waals surface area contributed by atoms with Crippen LogP contribution in [-0.4, -0.2) is 5.97 Å². The number of ether oxygens (including phenoxy) is 1. The van der Waals surface area contributed by atoms with E-state index in [9.17, 15) is 4.79 Å². The van der Waals surface area contributed by atoms with Crippen molar-refractivity contribution in [3.8, 4) is 0 Å². The molecule has 0 aromatic heterocycles. The number of rotatable bonds is 2. The van der Waals surface area contributed by atoms with E-state index < -0.39 is 5.97 Å². The minimum Gasteiger partial charge on any atom is -0.461 e. The quantitative estimate of drug-likeness (QED) is 0.596. The van der Waals surface area contributed by atoms with Gasteiger partial charge in [-0.25, -0.2) is 0 Å². The van der Waals surface area contributed by atoms with E-state index in [0.717, 1.165) is 5.56 Å². The molecular formula is C9H9O2. The minimum atomic E-state index is -0.492. The van der Waals surface area contributed by atoms with Gasteiger partial charge in [-0.15, -0.1) is 0 Å². The summed E-state index contributed by atoms with van der Waals surface area (Å²) in [6.07, 6.45) is 0. The van der Waals surface area contributed by atoms with Crippen LogP contribution in [0.25, 0.3) is 0 Å². The van der Waals surface area contributed by atoms with Crippen molar-refractivity contribution in [2.45, 2.75) is 6.61 Å². The highest BCUT2D eigenvalue weighted by molar-refractivity contribution is 5.73. The highest BCUT2D eigenvalue weighted by atomic mass is 16.5. The highest BCUT2D eigenvalue weighted by Crippen LogP contribution is 1.99. The molecule has 0 aliphatic carbocycles. The summed E-state index contributed by atoms with van der Waals surface area (Å²) < 4.78 is 4.68. The van der Waals surface area contributed by atoms with Crippen molar-refractivity contribution in [1.82, 2.24) is 0 Å². The third-order valence-corrected chi connectivity index (χ3v) is 1.24. The first kappa shape index (κ1) is 7.79. The summed E-state index contributed by atoms with van der Waals surface area (Å²) in [6.45, 7) is 3.40. The fourth-order valence-corrected chi connectivity index (χ4v) is 0.738. The maximum atomic E-state index is 10.3. The summed E-state index contributed by atoms with van der Waals surface area (Å²) in [7, 11) is 0. The van der Waals surface area contributed by atoms with Crippen LogP contribution in [0.4, 0.5) is 0 Å². The van der Waals surface area contributed by atoms with Gasteiger partial charge in [0.2, 0.25) is 0 Å². The Labute approximate surface area is 65.8 Å². The van der Waals surface area contributed by atoms with E-state index in [4.69, 9.17) is 0 Å². The number of benzene rings is 1. The van der Waals surface area contributed by atoms with Gasteiger partial charge in [-0.2, -0.15) is 0 Å². The van der Waals surface area contributed by atoms with Crippen LogP contribution >= 0.6 is 0 Å². The van der Waals surface area contributed by atoms with Crippen molar-refractivity contribution >= 4 is 5.97 Å². The molecule has 0 amide bonds. The topological polar surface area (TPSA) is 26.3 Å². The zero-order valence-electron chi connectivity index (χ0n) is 6.12. The van der Waals surface area contributed by atoms with E-state index in [1.54, 1.807) is 0 Å². The Morgan fingerprint density at radius 3 is 2.55 bits per heavy atom. The summed E-state index contributed by atoms with van der Waals surface area (Å²) in [5, 5.41) is 0. The van der Waals surface area contributed by atoms with E-state index >= 15 is 0 Å². The zero-order valence-corrected chi connectivity index (χ0v) is 6.12. The molecule has 0 atom stereocenters. The molecule has 0 N–H and O–H groups in total. The summed E-state index contributed by atoms with van der Waals surface area (Å²) in [6, 6.07) is 9.49. The first-order valence-corrected chi connectivity index (χ1v) is 3.31.